The molecule has 2 N–H and O–H groups in total. The van der Waals surface area contributed by atoms with Gasteiger partial charge in [-0.25, -0.2) is 4.79 Å². The maximum absolute atomic E-state index is 12.1. The van der Waals surface area contributed by atoms with Crippen LogP contribution < -0.4 is 10.5 Å². The van der Waals surface area contributed by atoms with Crippen LogP contribution in [-0.2, 0) is 6.42 Å². The number of aryl methyl sites for hydroxylation is 1. The Hall–Kier alpha value is -2.31. The molecule has 1 aliphatic carbocycles. The molecule has 0 unspecified atom stereocenters. The lowest BCUT2D eigenvalue weighted by Gasteiger charge is -2.27. The summed E-state index contributed by atoms with van der Waals surface area (Å²) in [7, 11) is 4.37. The monoisotopic (exact) mass is 431 g/mol. The van der Waals surface area contributed by atoms with Crippen LogP contribution in [0.1, 0.15) is 35.7 Å². The van der Waals surface area contributed by atoms with Gasteiger partial charge >= 0.3 is 5.97 Å². The fourth-order valence-corrected chi connectivity index (χ4v) is 5.20. The normalized spacial score (nSPS) is 22.8. The Morgan fingerprint density at radius 3 is 2.50 bits per heavy atom. The van der Waals surface area contributed by atoms with Crippen LogP contribution in [0.15, 0.2) is 35.1 Å². The minimum absolute atomic E-state index is 0. The fraction of sp³-hybridized carbons (Fsp3) is 0.478. The van der Waals surface area contributed by atoms with Crippen molar-refractivity contribution in [3.05, 3.63) is 51.8 Å². The summed E-state index contributed by atoms with van der Waals surface area (Å²) in [6.45, 7) is 4.16. The molecular weight excluding hydrogens is 402 g/mol. The number of carboxylic acids is 1. The second kappa shape index (κ2) is 8.82. The standard InChI is InChI=1S/C23H29N3O3.ClH/c1-4-14-11-18(23(28)29)22(27)24-21(14)15-5-8-17(9-6-15)26-12-16-7-10-20(25(2)3)19(16)13-26;/h5-6,8-9,11,16,19-20H,4,7,10,12-13H2,1-3H3,(H,24,27)(H,28,29);1H/t16-,19+,20-;/m1./s1. The quantitative estimate of drug-likeness (QED) is 0.757. The third kappa shape index (κ3) is 3.98. The van der Waals surface area contributed by atoms with Crippen molar-refractivity contribution in [1.29, 1.82) is 0 Å². The van der Waals surface area contributed by atoms with E-state index in [9.17, 15) is 14.7 Å². The molecule has 6 nitrogen and oxygen atoms in total. The first-order chi connectivity index (χ1) is 13.9. The molecule has 2 heterocycles. The summed E-state index contributed by atoms with van der Waals surface area (Å²) in [5.41, 5.74) is 2.89. The van der Waals surface area contributed by atoms with Gasteiger partial charge in [0.05, 0.1) is 5.69 Å². The summed E-state index contributed by atoms with van der Waals surface area (Å²) in [4.78, 5) is 31.0. The van der Waals surface area contributed by atoms with Crippen molar-refractivity contribution in [2.45, 2.75) is 32.2 Å². The van der Waals surface area contributed by atoms with Crippen LogP contribution in [-0.4, -0.2) is 54.2 Å². The molecule has 0 radical (unpaired) electrons. The maximum Gasteiger partial charge on any atom is 0.341 e. The average Bonchev–Trinajstić information content (AvgIpc) is 3.28. The number of rotatable bonds is 5. The first-order valence-corrected chi connectivity index (χ1v) is 10.4. The van der Waals surface area contributed by atoms with Crippen molar-refractivity contribution >= 4 is 24.1 Å². The van der Waals surface area contributed by atoms with E-state index in [1.807, 2.05) is 19.1 Å². The Bertz CT molecular complexity index is 971. The van der Waals surface area contributed by atoms with Gasteiger partial charge in [0.2, 0.25) is 0 Å². The number of nitrogens with one attached hydrogen (secondary N) is 1. The van der Waals surface area contributed by atoms with Gasteiger partial charge in [-0.15, -0.1) is 12.4 Å². The van der Waals surface area contributed by atoms with Crippen molar-refractivity contribution in [3.8, 4) is 11.3 Å². The second-order valence-corrected chi connectivity index (χ2v) is 8.56. The van der Waals surface area contributed by atoms with Gasteiger partial charge in [-0.3, -0.25) is 4.79 Å². The zero-order valence-corrected chi connectivity index (χ0v) is 18.5. The molecule has 2 fully saturated rings. The lowest BCUT2D eigenvalue weighted by atomic mass is 9.97. The summed E-state index contributed by atoms with van der Waals surface area (Å²) in [6, 6.07) is 10.4. The Morgan fingerprint density at radius 2 is 1.90 bits per heavy atom. The third-order valence-electron chi connectivity index (χ3n) is 6.74. The van der Waals surface area contributed by atoms with Gasteiger partial charge in [0, 0.05) is 24.8 Å². The van der Waals surface area contributed by atoms with E-state index in [1.165, 1.54) is 24.6 Å². The third-order valence-corrected chi connectivity index (χ3v) is 6.74. The molecule has 2 aromatic rings. The van der Waals surface area contributed by atoms with Crippen LogP contribution in [0, 0.1) is 11.8 Å². The molecule has 2 aliphatic rings. The number of carboxylic acid groups (broad SMARTS) is 1. The number of H-pyrrole nitrogens is 1. The molecule has 0 amide bonds. The van der Waals surface area contributed by atoms with E-state index in [-0.39, 0.29) is 18.0 Å². The van der Waals surface area contributed by atoms with Crippen LogP contribution >= 0.6 is 12.4 Å². The Balaban J connectivity index is 0.00000256. The summed E-state index contributed by atoms with van der Waals surface area (Å²) in [5, 5.41) is 9.20. The largest absolute Gasteiger partial charge is 0.477 e. The number of halogens is 1. The van der Waals surface area contributed by atoms with E-state index in [1.54, 1.807) is 0 Å². The summed E-state index contributed by atoms with van der Waals surface area (Å²) < 4.78 is 0. The molecule has 0 spiro atoms. The minimum atomic E-state index is -1.20. The molecule has 1 saturated heterocycles. The van der Waals surface area contributed by atoms with Gasteiger partial charge < -0.3 is 19.9 Å². The summed E-state index contributed by atoms with van der Waals surface area (Å²) in [6.07, 6.45) is 3.25. The lowest BCUT2D eigenvalue weighted by molar-refractivity contribution is 0.0695. The number of hydrogen-bond acceptors (Lipinski definition) is 4. The van der Waals surface area contributed by atoms with Gasteiger partial charge in [-0.05, 0) is 74.5 Å². The molecule has 0 bridgehead atoms. The van der Waals surface area contributed by atoms with E-state index in [0.717, 1.165) is 36.1 Å². The van der Waals surface area contributed by atoms with E-state index in [4.69, 9.17) is 0 Å². The van der Waals surface area contributed by atoms with Crippen molar-refractivity contribution in [1.82, 2.24) is 9.88 Å². The highest BCUT2D eigenvalue weighted by atomic mass is 35.5. The van der Waals surface area contributed by atoms with E-state index < -0.39 is 11.5 Å². The molecule has 3 atom stereocenters. The number of aromatic amines is 1. The second-order valence-electron chi connectivity index (χ2n) is 8.56. The van der Waals surface area contributed by atoms with Gasteiger partial charge in [0.25, 0.3) is 5.56 Å². The zero-order chi connectivity index (χ0) is 20.7. The fourth-order valence-electron chi connectivity index (χ4n) is 5.20. The average molecular weight is 432 g/mol. The van der Waals surface area contributed by atoms with Gasteiger partial charge in [0.15, 0.2) is 0 Å². The molecule has 1 aromatic carbocycles. The van der Waals surface area contributed by atoms with Crippen molar-refractivity contribution < 1.29 is 9.90 Å². The van der Waals surface area contributed by atoms with Crippen molar-refractivity contribution in [3.63, 3.8) is 0 Å². The number of anilines is 1. The van der Waals surface area contributed by atoms with Gasteiger partial charge in [0.1, 0.15) is 5.56 Å². The predicted molar refractivity (Wildman–Crippen MR) is 122 cm³/mol. The molecule has 7 heteroatoms. The van der Waals surface area contributed by atoms with E-state index in [2.05, 4.69) is 41.0 Å². The first-order valence-electron chi connectivity index (χ1n) is 10.4. The Morgan fingerprint density at radius 1 is 1.20 bits per heavy atom. The van der Waals surface area contributed by atoms with Crippen LogP contribution in [0.3, 0.4) is 0 Å². The topological polar surface area (TPSA) is 76.6 Å². The zero-order valence-electron chi connectivity index (χ0n) is 17.7. The predicted octanol–water partition coefficient (Wildman–Crippen LogP) is 3.50. The SMILES string of the molecule is CCc1cc(C(=O)O)c(=O)[nH]c1-c1ccc(N2C[C@H]3CC[C@@H](N(C)C)[C@H]3C2)cc1.Cl. The number of carbonyl (C=O) groups is 1. The molecule has 1 aromatic heterocycles. The number of nitrogens with zero attached hydrogens (tertiary/aromatic N) is 2. The number of hydrogen-bond donors (Lipinski definition) is 2. The first kappa shape index (κ1) is 22.4. The number of aromatic carboxylic acids is 1. The highest BCUT2D eigenvalue weighted by Crippen LogP contribution is 2.41. The highest BCUT2D eigenvalue weighted by Gasteiger charge is 2.43. The van der Waals surface area contributed by atoms with Gasteiger partial charge in [-0.2, -0.15) is 0 Å². The smallest absolute Gasteiger partial charge is 0.341 e. The van der Waals surface area contributed by atoms with Gasteiger partial charge in [-0.1, -0.05) is 19.1 Å². The number of benzene rings is 1. The summed E-state index contributed by atoms with van der Waals surface area (Å²) >= 11 is 0. The molecule has 162 valence electrons. The van der Waals surface area contributed by atoms with Crippen molar-refractivity contribution in [2.24, 2.45) is 11.8 Å². The van der Waals surface area contributed by atoms with Crippen molar-refractivity contribution in [2.75, 3.05) is 32.1 Å². The molecular formula is C23H30ClN3O3. The lowest BCUT2D eigenvalue weighted by Crippen LogP contribution is -2.34. The number of fused-ring (bicyclic) bond motifs is 1. The van der Waals surface area contributed by atoms with Crippen LogP contribution in [0.4, 0.5) is 5.69 Å². The van der Waals surface area contributed by atoms with Crippen LogP contribution in [0.5, 0.6) is 0 Å². The molecule has 1 saturated carbocycles. The van der Waals surface area contributed by atoms with E-state index in [0.29, 0.717) is 18.2 Å². The molecule has 30 heavy (non-hydrogen) atoms. The summed E-state index contributed by atoms with van der Waals surface area (Å²) in [5.74, 6) is 0.309. The highest BCUT2D eigenvalue weighted by molar-refractivity contribution is 5.88. The number of aromatic nitrogens is 1. The number of pyridine rings is 1. The minimum Gasteiger partial charge on any atom is -0.477 e. The van der Waals surface area contributed by atoms with Crippen LogP contribution in [0.2, 0.25) is 0 Å². The Labute approximate surface area is 183 Å². The maximum atomic E-state index is 12.1. The van der Waals surface area contributed by atoms with Crippen LogP contribution in [0.25, 0.3) is 11.3 Å². The Kier molecular flexibility index (Phi) is 6.58. The van der Waals surface area contributed by atoms with E-state index >= 15 is 0 Å². The molecule has 4 rings (SSSR count). The molecule has 1 aliphatic heterocycles.